The van der Waals surface area contributed by atoms with E-state index in [1.165, 1.54) is 12.2 Å². The lowest BCUT2D eigenvalue weighted by atomic mass is 10.2. The molecule has 0 fully saturated rings. The number of carbonyl (C=O) groups is 2. The molecule has 6 heteroatoms. The van der Waals surface area contributed by atoms with Gasteiger partial charge in [-0.15, -0.1) is 0 Å². The fraction of sp³-hybridized carbons (Fsp3) is 0.400. The van der Waals surface area contributed by atoms with Crippen molar-refractivity contribution in [3.05, 3.63) is 48.8 Å². The summed E-state index contributed by atoms with van der Waals surface area (Å²) in [7, 11) is 7.37. The normalized spacial score (nSPS) is 13.5. The van der Waals surface area contributed by atoms with E-state index in [2.05, 4.69) is 0 Å². The average molecular weight is 360 g/mol. The Labute approximate surface area is 155 Å². The zero-order chi connectivity index (χ0) is 19.7. The molecule has 0 spiro atoms. The van der Waals surface area contributed by atoms with Crippen molar-refractivity contribution in [2.45, 2.75) is 26.1 Å². The first-order valence-corrected chi connectivity index (χ1v) is 8.39. The van der Waals surface area contributed by atoms with Gasteiger partial charge in [0.1, 0.15) is 11.5 Å². The highest BCUT2D eigenvalue weighted by molar-refractivity contribution is 5.93. The Morgan fingerprint density at radius 2 is 1.08 bits per heavy atom. The molecular weight excluding hydrogens is 332 g/mol. The van der Waals surface area contributed by atoms with Crippen LogP contribution in [0.5, 0.6) is 11.5 Å². The zero-order valence-corrected chi connectivity index (χ0v) is 16.3. The van der Waals surface area contributed by atoms with Crippen LogP contribution in [0.1, 0.15) is 13.8 Å². The fourth-order valence-electron chi connectivity index (χ4n) is 1.84. The van der Waals surface area contributed by atoms with Gasteiger partial charge in [-0.25, -0.2) is 0 Å². The molecule has 142 valence electrons. The molecule has 0 aliphatic rings. The SMILES string of the molecule is CC(Oc1ccc(OC(C)C(=O)C=CN(C)C)cc1)C(=O)C=CN(C)C. The second-order valence-corrected chi connectivity index (χ2v) is 6.36. The number of carbonyl (C=O) groups excluding carboxylic acids is 2. The maximum atomic E-state index is 11.9. The summed E-state index contributed by atoms with van der Waals surface area (Å²) in [6.45, 7) is 3.40. The predicted molar refractivity (Wildman–Crippen MR) is 102 cm³/mol. The largest absolute Gasteiger partial charge is 0.483 e. The smallest absolute Gasteiger partial charge is 0.197 e. The average Bonchev–Trinajstić information content (AvgIpc) is 2.58. The van der Waals surface area contributed by atoms with Gasteiger partial charge in [-0.2, -0.15) is 0 Å². The molecular formula is C20H28N2O4. The fourth-order valence-corrected chi connectivity index (χ4v) is 1.84. The van der Waals surface area contributed by atoms with E-state index < -0.39 is 12.2 Å². The third kappa shape index (κ3) is 7.88. The van der Waals surface area contributed by atoms with Gasteiger partial charge in [-0.1, -0.05) is 0 Å². The minimum Gasteiger partial charge on any atom is -0.483 e. The summed E-state index contributed by atoms with van der Waals surface area (Å²) in [6.07, 6.45) is 5.15. The van der Waals surface area contributed by atoms with Gasteiger partial charge in [0.15, 0.2) is 23.8 Å². The minimum atomic E-state index is -0.588. The number of benzene rings is 1. The number of rotatable bonds is 10. The summed E-state index contributed by atoms with van der Waals surface area (Å²) < 4.78 is 11.2. The first-order chi connectivity index (χ1) is 12.2. The maximum absolute atomic E-state index is 11.9. The van der Waals surface area contributed by atoms with Crippen molar-refractivity contribution in [2.24, 2.45) is 0 Å². The summed E-state index contributed by atoms with van der Waals surface area (Å²) in [6, 6.07) is 6.84. The van der Waals surface area contributed by atoms with Gasteiger partial charge >= 0.3 is 0 Å². The molecule has 1 rings (SSSR count). The van der Waals surface area contributed by atoms with E-state index in [1.54, 1.807) is 60.3 Å². The molecule has 0 amide bonds. The summed E-state index contributed by atoms with van der Waals surface area (Å²) in [4.78, 5) is 27.4. The Hall–Kier alpha value is -2.76. The van der Waals surface area contributed by atoms with Crippen LogP contribution in [0, 0.1) is 0 Å². The highest BCUT2D eigenvalue weighted by Gasteiger charge is 2.14. The van der Waals surface area contributed by atoms with Crippen molar-refractivity contribution in [2.75, 3.05) is 28.2 Å². The van der Waals surface area contributed by atoms with Gasteiger partial charge in [0, 0.05) is 52.7 Å². The molecule has 0 aliphatic carbocycles. The van der Waals surface area contributed by atoms with Gasteiger partial charge in [0.25, 0.3) is 0 Å². The van der Waals surface area contributed by atoms with Crippen molar-refractivity contribution < 1.29 is 19.1 Å². The van der Waals surface area contributed by atoms with E-state index in [0.29, 0.717) is 11.5 Å². The van der Waals surface area contributed by atoms with Crippen LogP contribution >= 0.6 is 0 Å². The monoisotopic (exact) mass is 360 g/mol. The Bertz CT molecular complexity index is 591. The van der Waals surface area contributed by atoms with Crippen LogP contribution in [0.3, 0.4) is 0 Å². The minimum absolute atomic E-state index is 0.120. The van der Waals surface area contributed by atoms with E-state index in [4.69, 9.17) is 9.47 Å². The van der Waals surface area contributed by atoms with Crippen LogP contribution in [0.4, 0.5) is 0 Å². The highest BCUT2D eigenvalue weighted by Crippen LogP contribution is 2.20. The van der Waals surface area contributed by atoms with Crippen molar-refractivity contribution >= 4 is 11.6 Å². The summed E-state index contributed by atoms with van der Waals surface area (Å²) >= 11 is 0. The molecule has 0 saturated heterocycles. The van der Waals surface area contributed by atoms with Crippen LogP contribution in [-0.4, -0.2) is 61.8 Å². The molecule has 0 saturated carbocycles. The van der Waals surface area contributed by atoms with E-state index in [0.717, 1.165) is 0 Å². The maximum Gasteiger partial charge on any atom is 0.197 e. The van der Waals surface area contributed by atoms with E-state index in [9.17, 15) is 9.59 Å². The van der Waals surface area contributed by atoms with E-state index in [1.807, 2.05) is 28.2 Å². The molecule has 0 radical (unpaired) electrons. The second-order valence-electron chi connectivity index (χ2n) is 6.36. The lowest BCUT2D eigenvalue weighted by Crippen LogP contribution is -2.23. The third-order valence-corrected chi connectivity index (χ3v) is 3.32. The molecule has 2 atom stereocenters. The van der Waals surface area contributed by atoms with Crippen LogP contribution in [0.2, 0.25) is 0 Å². The molecule has 2 unspecified atom stereocenters. The molecule has 0 N–H and O–H groups in total. The van der Waals surface area contributed by atoms with Crippen molar-refractivity contribution in [1.82, 2.24) is 9.80 Å². The van der Waals surface area contributed by atoms with Gasteiger partial charge < -0.3 is 19.3 Å². The van der Waals surface area contributed by atoms with Crippen molar-refractivity contribution in [1.29, 1.82) is 0 Å². The lowest BCUT2D eigenvalue weighted by molar-refractivity contribution is -0.121. The summed E-state index contributed by atoms with van der Waals surface area (Å²) in [5.41, 5.74) is 0. The number of hydrogen-bond acceptors (Lipinski definition) is 6. The molecule has 0 aromatic heterocycles. The van der Waals surface area contributed by atoms with Gasteiger partial charge in [0.2, 0.25) is 0 Å². The number of ketones is 2. The predicted octanol–water partition coefficient (Wildman–Crippen LogP) is 2.51. The topological polar surface area (TPSA) is 59.1 Å². The zero-order valence-electron chi connectivity index (χ0n) is 16.3. The molecule has 0 bridgehead atoms. The van der Waals surface area contributed by atoms with Crippen LogP contribution in [0.25, 0.3) is 0 Å². The number of hydrogen-bond donors (Lipinski definition) is 0. The van der Waals surface area contributed by atoms with Crippen LogP contribution in [0.15, 0.2) is 48.8 Å². The number of ether oxygens (including phenoxy) is 2. The number of nitrogens with zero attached hydrogens (tertiary/aromatic N) is 2. The highest BCUT2D eigenvalue weighted by atomic mass is 16.5. The molecule has 6 nitrogen and oxygen atoms in total. The van der Waals surface area contributed by atoms with Crippen LogP contribution in [-0.2, 0) is 9.59 Å². The second kappa shape index (κ2) is 10.3. The molecule has 1 aromatic rings. The quantitative estimate of drug-likeness (QED) is 0.598. The first-order valence-electron chi connectivity index (χ1n) is 8.39. The Balaban J connectivity index is 2.60. The third-order valence-electron chi connectivity index (χ3n) is 3.32. The molecule has 0 heterocycles. The molecule has 26 heavy (non-hydrogen) atoms. The van der Waals surface area contributed by atoms with Gasteiger partial charge in [-0.05, 0) is 38.1 Å². The van der Waals surface area contributed by atoms with E-state index >= 15 is 0 Å². The van der Waals surface area contributed by atoms with Gasteiger partial charge in [-0.3, -0.25) is 9.59 Å². The Morgan fingerprint density at radius 1 is 0.769 bits per heavy atom. The molecule has 0 aliphatic heterocycles. The van der Waals surface area contributed by atoms with Crippen molar-refractivity contribution in [3.8, 4) is 11.5 Å². The standard InChI is InChI=1S/C20H28N2O4/c1-15(19(23)11-13-21(3)4)25-17-7-9-18(10-8-17)26-16(2)20(24)12-14-22(5)6/h7-16H,1-6H3. The summed E-state index contributed by atoms with van der Waals surface area (Å²) in [5.74, 6) is 0.878. The Kier molecular flexibility index (Phi) is 8.42. The first kappa shape index (κ1) is 21.3. The lowest BCUT2D eigenvalue weighted by Gasteiger charge is -2.15. The summed E-state index contributed by atoms with van der Waals surface area (Å²) in [5, 5.41) is 0. The molecule has 1 aromatic carbocycles. The van der Waals surface area contributed by atoms with Crippen LogP contribution < -0.4 is 9.47 Å². The Morgan fingerprint density at radius 3 is 1.35 bits per heavy atom. The van der Waals surface area contributed by atoms with Gasteiger partial charge in [0.05, 0.1) is 0 Å². The van der Waals surface area contributed by atoms with E-state index in [-0.39, 0.29) is 11.6 Å². The van der Waals surface area contributed by atoms with Crippen molar-refractivity contribution in [3.63, 3.8) is 0 Å².